The van der Waals surface area contributed by atoms with Crippen LogP contribution in [-0.2, 0) is 20.9 Å². The van der Waals surface area contributed by atoms with Gasteiger partial charge in [-0.05, 0) is 30.5 Å². The lowest BCUT2D eigenvalue weighted by molar-refractivity contribution is -0.158. The first-order valence-corrected chi connectivity index (χ1v) is 11.9. The number of amides is 3. The molecule has 2 aliphatic rings. The van der Waals surface area contributed by atoms with Gasteiger partial charge in [0.2, 0.25) is 16.9 Å². The number of piperazine rings is 1. The van der Waals surface area contributed by atoms with E-state index in [1.807, 2.05) is 0 Å². The van der Waals surface area contributed by atoms with E-state index < -0.39 is 11.4 Å². The first kappa shape index (κ1) is 21.7. The van der Waals surface area contributed by atoms with Gasteiger partial charge in [-0.2, -0.15) is 0 Å². The van der Waals surface area contributed by atoms with Crippen molar-refractivity contribution in [1.29, 1.82) is 0 Å². The number of hydrogen-bond acceptors (Lipinski definition) is 8. The fourth-order valence-corrected chi connectivity index (χ4v) is 5.61. The van der Waals surface area contributed by atoms with Crippen LogP contribution < -0.4 is 10.6 Å². The summed E-state index contributed by atoms with van der Waals surface area (Å²) in [6.45, 7) is 0.387. The highest BCUT2D eigenvalue weighted by molar-refractivity contribution is 8.01. The number of aromatic nitrogens is 2. The SMILES string of the molecule is O=C1CN(C(=O)CSc2nnc(NCc3ccc(F)cc3)s2)C2(CCCCC2)C(=O)N1. The number of imide groups is 1. The summed E-state index contributed by atoms with van der Waals surface area (Å²) < 4.78 is 13.6. The van der Waals surface area contributed by atoms with E-state index in [0.29, 0.717) is 28.9 Å². The maximum atomic E-state index is 13.0. The van der Waals surface area contributed by atoms with Crippen LogP contribution in [0.15, 0.2) is 28.6 Å². The standard InChI is InChI=1S/C20H22FN5O3S2/c21-14-6-4-13(5-7-14)10-22-18-24-25-19(31-18)30-12-16(28)26-11-15(27)23-17(29)20(26)8-2-1-3-9-20/h4-7H,1-3,8-12H2,(H,22,24)(H,23,27,29). The number of hydrogen-bond donors (Lipinski definition) is 2. The van der Waals surface area contributed by atoms with E-state index >= 15 is 0 Å². The van der Waals surface area contributed by atoms with Gasteiger partial charge in [-0.3, -0.25) is 19.7 Å². The summed E-state index contributed by atoms with van der Waals surface area (Å²) in [7, 11) is 0. The van der Waals surface area contributed by atoms with Gasteiger partial charge in [0.15, 0.2) is 4.34 Å². The average Bonchev–Trinajstić information content (AvgIpc) is 3.23. The first-order chi connectivity index (χ1) is 15.0. The van der Waals surface area contributed by atoms with Crippen LogP contribution >= 0.6 is 23.1 Å². The van der Waals surface area contributed by atoms with Crippen molar-refractivity contribution >= 4 is 46.0 Å². The van der Waals surface area contributed by atoms with Crippen molar-refractivity contribution in [3.8, 4) is 0 Å². The minimum Gasteiger partial charge on any atom is -0.356 e. The summed E-state index contributed by atoms with van der Waals surface area (Å²) in [4.78, 5) is 38.9. The molecule has 11 heteroatoms. The summed E-state index contributed by atoms with van der Waals surface area (Å²) >= 11 is 2.55. The van der Waals surface area contributed by atoms with Gasteiger partial charge >= 0.3 is 0 Å². The lowest BCUT2D eigenvalue weighted by Crippen LogP contribution is -2.69. The Morgan fingerprint density at radius 3 is 2.68 bits per heavy atom. The first-order valence-electron chi connectivity index (χ1n) is 10.1. The van der Waals surface area contributed by atoms with Crippen molar-refractivity contribution in [3.63, 3.8) is 0 Å². The highest BCUT2D eigenvalue weighted by Crippen LogP contribution is 2.36. The quantitative estimate of drug-likeness (QED) is 0.501. The molecule has 0 radical (unpaired) electrons. The van der Waals surface area contributed by atoms with Crippen LogP contribution in [0.2, 0.25) is 0 Å². The minimum atomic E-state index is -0.910. The molecule has 164 valence electrons. The molecule has 4 rings (SSSR count). The molecule has 1 aliphatic heterocycles. The van der Waals surface area contributed by atoms with Crippen LogP contribution in [0.5, 0.6) is 0 Å². The Hall–Kier alpha value is -2.53. The molecule has 1 spiro atoms. The van der Waals surface area contributed by atoms with Crippen LogP contribution in [0.25, 0.3) is 0 Å². The third-order valence-corrected chi connectivity index (χ3v) is 7.56. The van der Waals surface area contributed by atoms with Gasteiger partial charge in [-0.25, -0.2) is 4.39 Å². The van der Waals surface area contributed by atoms with Crippen LogP contribution in [0.1, 0.15) is 37.7 Å². The molecular formula is C20H22FN5O3S2. The zero-order valence-electron chi connectivity index (χ0n) is 16.7. The van der Waals surface area contributed by atoms with Crippen molar-refractivity contribution < 1.29 is 18.8 Å². The van der Waals surface area contributed by atoms with Gasteiger partial charge in [-0.1, -0.05) is 54.5 Å². The van der Waals surface area contributed by atoms with Crippen molar-refractivity contribution in [1.82, 2.24) is 20.4 Å². The van der Waals surface area contributed by atoms with Crippen LogP contribution in [0, 0.1) is 5.82 Å². The number of benzene rings is 1. The predicted octanol–water partition coefficient (Wildman–Crippen LogP) is 2.57. The monoisotopic (exact) mass is 463 g/mol. The van der Waals surface area contributed by atoms with Crippen molar-refractivity contribution in [3.05, 3.63) is 35.6 Å². The van der Waals surface area contributed by atoms with Crippen LogP contribution in [-0.4, -0.2) is 50.7 Å². The zero-order valence-corrected chi connectivity index (χ0v) is 18.4. The Kier molecular flexibility index (Phi) is 6.51. The lowest BCUT2D eigenvalue weighted by Gasteiger charge is -2.47. The van der Waals surface area contributed by atoms with E-state index in [1.54, 1.807) is 12.1 Å². The smallest absolute Gasteiger partial charge is 0.252 e. The Bertz CT molecular complexity index is 975. The fourth-order valence-electron chi connectivity index (χ4n) is 3.98. The Morgan fingerprint density at radius 2 is 1.94 bits per heavy atom. The summed E-state index contributed by atoms with van der Waals surface area (Å²) in [5, 5.41) is 14.3. The molecule has 0 bridgehead atoms. The molecule has 2 heterocycles. The molecule has 1 saturated heterocycles. The van der Waals surface area contributed by atoms with Gasteiger partial charge < -0.3 is 10.2 Å². The number of nitrogens with one attached hydrogen (secondary N) is 2. The number of halogens is 1. The van der Waals surface area contributed by atoms with E-state index in [1.165, 1.54) is 40.1 Å². The molecule has 2 fully saturated rings. The number of nitrogens with zero attached hydrogens (tertiary/aromatic N) is 3. The molecule has 1 aromatic carbocycles. The molecule has 2 N–H and O–H groups in total. The van der Waals surface area contributed by atoms with Gasteiger partial charge in [0.25, 0.3) is 5.91 Å². The number of carbonyl (C=O) groups is 3. The highest BCUT2D eigenvalue weighted by Gasteiger charge is 2.50. The van der Waals surface area contributed by atoms with E-state index in [0.717, 1.165) is 24.8 Å². The number of anilines is 1. The van der Waals surface area contributed by atoms with Crippen LogP contribution in [0.4, 0.5) is 9.52 Å². The van der Waals surface area contributed by atoms with Crippen molar-refractivity contribution in [2.75, 3.05) is 17.6 Å². The Morgan fingerprint density at radius 1 is 1.19 bits per heavy atom. The molecule has 31 heavy (non-hydrogen) atoms. The second kappa shape index (κ2) is 9.31. The predicted molar refractivity (Wildman–Crippen MR) is 115 cm³/mol. The van der Waals surface area contributed by atoms with Crippen LogP contribution in [0.3, 0.4) is 0 Å². The highest BCUT2D eigenvalue weighted by atomic mass is 32.2. The zero-order chi connectivity index (χ0) is 21.8. The van der Waals surface area contributed by atoms with E-state index in [2.05, 4.69) is 20.8 Å². The maximum Gasteiger partial charge on any atom is 0.252 e. The topological polar surface area (TPSA) is 104 Å². The van der Waals surface area contributed by atoms with Gasteiger partial charge in [0.05, 0.1) is 5.75 Å². The Balaban J connectivity index is 1.35. The molecule has 1 aromatic heterocycles. The molecule has 1 aliphatic carbocycles. The number of carbonyl (C=O) groups excluding carboxylic acids is 3. The number of thioether (sulfide) groups is 1. The summed E-state index contributed by atoms with van der Waals surface area (Å²) in [5.41, 5.74) is -0.000838. The van der Waals surface area contributed by atoms with E-state index in [4.69, 9.17) is 0 Å². The van der Waals surface area contributed by atoms with Gasteiger partial charge in [0, 0.05) is 6.54 Å². The summed E-state index contributed by atoms with van der Waals surface area (Å²) in [6.07, 6.45) is 3.91. The molecule has 2 aromatic rings. The molecule has 3 amide bonds. The second-order valence-electron chi connectivity index (χ2n) is 7.59. The third kappa shape index (κ3) is 4.87. The molecule has 0 unspecified atom stereocenters. The van der Waals surface area contributed by atoms with E-state index in [9.17, 15) is 18.8 Å². The average molecular weight is 464 g/mol. The largest absolute Gasteiger partial charge is 0.356 e. The van der Waals surface area contributed by atoms with Crippen molar-refractivity contribution in [2.24, 2.45) is 0 Å². The summed E-state index contributed by atoms with van der Waals surface area (Å²) in [5.74, 6) is -1.25. The second-order valence-corrected chi connectivity index (χ2v) is 9.79. The molecular weight excluding hydrogens is 441 g/mol. The fraction of sp³-hybridized carbons (Fsp3) is 0.450. The van der Waals surface area contributed by atoms with Gasteiger partial charge in [0.1, 0.15) is 17.9 Å². The van der Waals surface area contributed by atoms with Crippen molar-refractivity contribution in [2.45, 2.75) is 48.5 Å². The third-order valence-electron chi connectivity index (χ3n) is 5.56. The van der Waals surface area contributed by atoms with Gasteiger partial charge in [-0.15, -0.1) is 10.2 Å². The normalized spacial score (nSPS) is 18.2. The minimum absolute atomic E-state index is 0.0783. The maximum absolute atomic E-state index is 13.0. The van der Waals surface area contributed by atoms with E-state index in [-0.39, 0.29) is 29.9 Å². The molecule has 8 nitrogen and oxygen atoms in total. The molecule has 1 saturated carbocycles. The summed E-state index contributed by atoms with van der Waals surface area (Å²) in [6, 6.07) is 6.17. The number of rotatable bonds is 6. The molecule has 0 atom stereocenters. The Labute approximate surface area is 187 Å². The lowest BCUT2D eigenvalue weighted by atomic mass is 9.78.